The Morgan fingerprint density at radius 3 is 2.69 bits per heavy atom. The van der Waals surface area contributed by atoms with Crippen molar-refractivity contribution in [3.05, 3.63) is 51.3 Å². The first kappa shape index (κ1) is 16.9. The highest BCUT2D eigenvalue weighted by molar-refractivity contribution is 7.17. The summed E-state index contributed by atoms with van der Waals surface area (Å²) in [6.45, 7) is 0.222. The fraction of sp³-hybridized carbons (Fsp3) is 0.222. The molecule has 0 atom stereocenters. The third-order valence-electron chi connectivity index (χ3n) is 4.40. The highest BCUT2D eigenvalue weighted by atomic mass is 35.5. The first-order valence-corrected chi connectivity index (χ1v) is 9.36. The molecule has 1 aliphatic rings. The summed E-state index contributed by atoms with van der Waals surface area (Å²) in [5, 5.41) is 2.96. The van der Waals surface area contributed by atoms with E-state index in [4.69, 9.17) is 11.6 Å². The summed E-state index contributed by atoms with van der Waals surface area (Å²) in [5.74, 6) is -0.562. The second-order valence-electron chi connectivity index (χ2n) is 6.06. The Balaban J connectivity index is 1.73. The van der Waals surface area contributed by atoms with Crippen LogP contribution in [0, 0.1) is 0 Å². The predicted molar refractivity (Wildman–Crippen MR) is 100 cm³/mol. The average molecular weight is 388 g/mol. The molecule has 2 amide bonds. The second kappa shape index (κ2) is 6.66. The maximum atomic E-state index is 12.9. The van der Waals surface area contributed by atoms with Gasteiger partial charge in [-0.15, -0.1) is 11.3 Å². The van der Waals surface area contributed by atoms with E-state index in [1.54, 1.807) is 12.1 Å². The number of fused-ring (bicyclic) bond motifs is 1. The zero-order valence-electron chi connectivity index (χ0n) is 13.6. The van der Waals surface area contributed by atoms with E-state index in [1.165, 1.54) is 27.1 Å². The SMILES string of the molecule is O=C1CCCN1C(=O)Cn1cnc2scc(-c3ccc(Cl)cc3)c2c1=O. The van der Waals surface area contributed by atoms with Crippen LogP contribution in [0.15, 0.2) is 40.8 Å². The lowest BCUT2D eigenvalue weighted by atomic mass is 10.1. The summed E-state index contributed by atoms with van der Waals surface area (Å²) in [5.41, 5.74) is 1.33. The van der Waals surface area contributed by atoms with Gasteiger partial charge in [0.05, 0.1) is 11.7 Å². The van der Waals surface area contributed by atoms with Gasteiger partial charge in [-0.25, -0.2) is 4.98 Å². The number of hydrogen-bond acceptors (Lipinski definition) is 5. The Labute approximate surface area is 157 Å². The lowest BCUT2D eigenvalue weighted by Crippen LogP contribution is -2.37. The van der Waals surface area contributed by atoms with Crippen LogP contribution in [0.5, 0.6) is 0 Å². The number of aromatic nitrogens is 2. The largest absolute Gasteiger partial charge is 0.289 e. The summed E-state index contributed by atoms with van der Waals surface area (Å²) in [6.07, 6.45) is 2.41. The highest BCUT2D eigenvalue weighted by Gasteiger charge is 2.27. The van der Waals surface area contributed by atoms with Gasteiger partial charge in [-0.2, -0.15) is 0 Å². The molecule has 1 saturated heterocycles. The van der Waals surface area contributed by atoms with Crippen molar-refractivity contribution in [2.24, 2.45) is 0 Å². The van der Waals surface area contributed by atoms with Crippen LogP contribution in [0.25, 0.3) is 21.3 Å². The van der Waals surface area contributed by atoms with Gasteiger partial charge in [0, 0.05) is 28.9 Å². The van der Waals surface area contributed by atoms with Crippen LogP contribution >= 0.6 is 22.9 Å². The van der Waals surface area contributed by atoms with Gasteiger partial charge in [0.25, 0.3) is 5.56 Å². The number of carbonyl (C=O) groups excluding carboxylic acids is 2. The fourth-order valence-corrected chi connectivity index (χ4v) is 4.10. The van der Waals surface area contributed by atoms with Crippen molar-refractivity contribution in [2.75, 3.05) is 6.54 Å². The van der Waals surface area contributed by atoms with Gasteiger partial charge in [-0.3, -0.25) is 23.9 Å². The summed E-state index contributed by atoms with van der Waals surface area (Å²) < 4.78 is 1.27. The number of halogens is 1. The van der Waals surface area contributed by atoms with Crippen molar-refractivity contribution in [3.8, 4) is 11.1 Å². The average Bonchev–Trinajstić information content (AvgIpc) is 3.25. The van der Waals surface area contributed by atoms with E-state index < -0.39 is 0 Å². The molecule has 3 heterocycles. The number of carbonyl (C=O) groups is 2. The van der Waals surface area contributed by atoms with Gasteiger partial charge >= 0.3 is 0 Å². The molecule has 6 nitrogen and oxygen atoms in total. The van der Waals surface area contributed by atoms with E-state index in [2.05, 4.69) is 4.98 Å². The molecule has 1 aromatic carbocycles. The molecule has 4 rings (SSSR count). The monoisotopic (exact) mass is 387 g/mol. The summed E-state index contributed by atoms with van der Waals surface area (Å²) >= 11 is 7.31. The number of amides is 2. The van der Waals surface area contributed by atoms with E-state index in [1.807, 2.05) is 17.5 Å². The van der Waals surface area contributed by atoms with Crippen LogP contribution in [0.2, 0.25) is 5.02 Å². The van der Waals surface area contributed by atoms with E-state index in [0.29, 0.717) is 34.6 Å². The fourth-order valence-electron chi connectivity index (χ4n) is 3.07. The number of rotatable bonds is 3. The minimum absolute atomic E-state index is 0.186. The molecule has 0 saturated carbocycles. The minimum Gasteiger partial charge on any atom is -0.289 e. The van der Waals surface area contributed by atoms with Crippen LogP contribution in [-0.2, 0) is 16.1 Å². The van der Waals surface area contributed by atoms with Crippen LogP contribution in [0.3, 0.4) is 0 Å². The summed E-state index contributed by atoms with van der Waals surface area (Å²) in [4.78, 5) is 43.1. The zero-order valence-corrected chi connectivity index (χ0v) is 15.2. The minimum atomic E-state index is -0.376. The second-order valence-corrected chi connectivity index (χ2v) is 7.35. The van der Waals surface area contributed by atoms with Crippen molar-refractivity contribution >= 4 is 45.0 Å². The summed E-state index contributed by atoms with van der Waals surface area (Å²) in [6, 6.07) is 7.21. The molecule has 0 aliphatic carbocycles. The highest BCUT2D eigenvalue weighted by Crippen LogP contribution is 2.31. The maximum absolute atomic E-state index is 12.9. The van der Waals surface area contributed by atoms with Crippen LogP contribution in [0.4, 0.5) is 0 Å². The first-order valence-electron chi connectivity index (χ1n) is 8.10. The van der Waals surface area contributed by atoms with Crippen molar-refractivity contribution in [1.29, 1.82) is 0 Å². The molecule has 1 aliphatic heterocycles. The molecular weight excluding hydrogens is 374 g/mol. The first-order chi connectivity index (χ1) is 12.5. The number of thiophene rings is 1. The van der Waals surface area contributed by atoms with E-state index in [0.717, 1.165) is 11.1 Å². The van der Waals surface area contributed by atoms with Gasteiger partial charge in [-0.1, -0.05) is 23.7 Å². The smallest absolute Gasteiger partial charge is 0.263 e. The van der Waals surface area contributed by atoms with E-state index >= 15 is 0 Å². The lowest BCUT2D eigenvalue weighted by Gasteiger charge is -2.14. The Bertz CT molecular complexity index is 1070. The molecule has 0 radical (unpaired) electrons. The molecule has 0 spiro atoms. The topological polar surface area (TPSA) is 72.3 Å². The predicted octanol–water partition coefficient (Wildman–Crippen LogP) is 2.93. The van der Waals surface area contributed by atoms with Crippen molar-refractivity contribution in [3.63, 3.8) is 0 Å². The van der Waals surface area contributed by atoms with Gasteiger partial charge < -0.3 is 0 Å². The molecular formula is C18H14ClN3O3S. The molecule has 1 fully saturated rings. The molecule has 3 aromatic rings. The number of benzene rings is 1. The van der Waals surface area contributed by atoms with E-state index in [-0.39, 0.29) is 23.9 Å². The number of nitrogens with zero attached hydrogens (tertiary/aromatic N) is 3. The number of imide groups is 1. The Kier molecular flexibility index (Phi) is 4.34. The van der Waals surface area contributed by atoms with Gasteiger partial charge in [-0.05, 0) is 24.1 Å². The molecule has 26 heavy (non-hydrogen) atoms. The quantitative estimate of drug-likeness (QED) is 0.692. The van der Waals surface area contributed by atoms with Crippen molar-refractivity contribution in [1.82, 2.24) is 14.5 Å². The molecule has 0 bridgehead atoms. The lowest BCUT2D eigenvalue weighted by molar-refractivity contribution is -0.142. The maximum Gasteiger partial charge on any atom is 0.263 e. The van der Waals surface area contributed by atoms with Gasteiger partial charge in [0.1, 0.15) is 11.4 Å². The third kappa shape index (κ3) is 2.93. The molecule has 0 unspecified atom stereocenters. The standard InChI is InChI=1S/C18H14ClN3O3S/c19-12-5-3-11(4-6-12)13-9-26-17-16(13)18(25)21(10-20-17)8-15(24)22-7-1-2-14(22)23/h3-6,9-10H,1-2,7-8H2. The molecule has 2 aromatic heterocycles. The van der Waals surface area contributed by atoms with Crippen LogP contribution in [-0.4, -0.2) is 32.8 Å². The Morgan fingerprint density at radius 2 is 2.00 bits per heavy atom. The Hall–Kier alpha value is -2.51. The molecule has 132 valence electrons. The normalized spacial score (nSPS) is 14.3. The van der Waals surface area contributed by atoms with Crippen LogP contribution < -0.4 is 5.56 Å². The van der Waals surface area contributed by atoms with Crippen molar-refractivity contribution in [2.45, 2.75) is 19.4 Å². The van der Waals surface area contributed by atoms with Crippen LogP contribution in [0.1, 0.15) is 12.8 Å². The van der Waals surface area contributed by atoms with Crippen molar-refractivity contribution < 1.29 is 9.59 Å². The van der Waals surface area contributed by atoms with Gasteiger partial charge in [0.2, 0.25) is 11.8 Å². The Morgan fingerprint density at radius 1 is 1.23 bits per heavy atom. The molecule has 0 N–H and O–H groups in total. The third-order valence-corrected chi connectivity index (χ3v) is 5.53. The van der Waals surface area contributed by atoms with Gasteiger partial charge in [0.15, 0.2) is 0 Å². The summed E-state index contributed by atoms with van der Waals surface area (Å²) in [7, 11) is 0. The number of hydrogen-bond donors (Lipinski definition) is 0. The molecule has 8 heteroatoms. The van der Waals surface area contributed by atoms with E-state index in [9.17, 15) is 14.4 Å². The number of likely N-dealkylation sites (tertiary alicyclic amines) is 1. The zero-order chi connectivity index (χ0) is 18.3.